The number of hydrogen-bond acceptors (Lipinski definition) is 4. The summed E-state index contributed by atoms with van der Waals surface area (Å²) in [6.45, 7) is -0.231. The molecular weight excluding hydrogens is 421 g/mol. The van der Waals surface area contributed by atoms with Crippen molar-refractivity contribution in [2.24, 2.45) is 5.10 Å². The zero-order chi connectivity index (χ0) is 23.4. The van der Waals surface area contributed by atoms with E-state index in [9.17, 15) is 14.0 Å². The number of likely N-dealkylation sites (N-methyl/N-ethyl adjacent to an activating group) is 1. The van der Waals surface area contributed by atoms with Crippen LogP contribution in [0.1, 0.15) is 33.9 Å². The lowest BCUT2D eigenvalue weighted by molar-refractivity contribution is -0.133. The first-order valence-electron chi connectivity index (χ1n) is 10.6. The lowest BCUT2D eigenvalue weighted by Crippen LogP contribution is -2.39. The normalized spacial score (nSPS) is 15.2. The van der Waals surface area contributed by atoms with Crippen LogP contribution in [0.25, 0.3) is 0 Å². The van der Waals surface area contributed by atoms with Crippen LogP contribution in [-0.4, -0.2) is 48.1 Å². The molecule has 0 aliphatic carbocycles. The molecule has 1 aliphatic heterocycles. The minimum absolute atomic E-state index is 0.0746. The number of carbonyl (C=O) groups is 2. The summed E-state index contributed by atoms with van der Waals surface area (Å²) in [7, 11) is 3.08. The third-order valence-electron chi connectivity index (χ3n) is 5.58. The van der Waals surface area contributed by atoms with Gasteiger partial charge in [-0.25, -0.2) is 9.40 Å². The molecule has 1 unspecified atom stereocenters. The second kappa shape index (κ2) is 9.65. The maximum absolute atomic E-state index is 14.0. The Morgan fingerprint density at radius 2 is 1.79 bits per heavy atom. The minimum atomic E-state index is -0.622. The fraction of sp³-hybridized carbons (Fsp3) is 0.192. The minimum Gasteiger partial charge on any atom is -0.497 e. The van der Waals surface area contributed by atoms with E-state index in [0.717, 1.165) is 16.8 Å². The predicted molar refractivity (Wildman–Crippen MR) is 124 cm³/mol. The van der Waals surface area contributed by atoms with E-state index in [1.807, 2.05) is 54.6 Å². The quantitative estimate of drug-likeness (QED) is 0.569. The zero-order valence-electron chi connectivity index (χ0n) is 18.4. The zero-order valence-corrected chi connectivity index (χ0v) is 18.4. The van der Waals surface area contributed by atoms with Crippen molar-refractivity contribution in [2.45, 2.75) is 12.5 Å². The first-order chi connectivity index (χ1) is 16.0. The monoisotopic (exact) mass is 445 g/mol. The Hall–Kier alpha value is -4.00. The molecule has 0 aromatic heterocycles. The van der Waals surface area contributed by atoms with E-state index in [1.165, 1.54) is 35.2 Å². The van der Waals surface area contributed by atoms with Crippen LogP contribution in [0.4, 0.5) is 4.39 Å². The van der Waals surface area contributed by atoms with Crippen molar-refractivity contribution in [2.75, 3.05) is 20.7 Å². The number of carbonyl (C=O) groups excluding carboxylic acids is 2. The van der Waals surface area contributed by atoms with Gasteiger partial charge < -0.3 is 9.64 Å². The Kier molecular flexibility index (Phi) is 6.49. The summed E-state index contributed by atoms with van der Waals surface area (Å²) >= 11 is 0. The van der Waals surface area contributed by atoms with Crippen LogP contribution in [0.15, 0.2) is 84.0 Å². The molecule has 33 heavy (non-hydrogen) atoms. The van der Waals surface area contributed by atoms with Gasteiger partial charge in [-0.3, -0.25) is 9.59 Å². The SMILES string of the molecule is COc1cccc(C2=NN(C(=O)CN(C)C(=O)c3ccccc3F)C(c3ccccc3)C2)c1. The van der Waals surface area contributed by atoms with Gasteiger partial charge in [0.15, 0.2) is 0 Å². The van der Waals surface area contributed by atoms with Crippen LogP contribution >= 0.6 is 0 Å². The van der Waals surface area contributed by atoms with Gasteiger partial charge in [-0.2, -0.15) is 5.10 Å². The lowest BCUT2D eigenvalue weighted by atomic mass is 9.98. The number of nitrogens with zero attached hydrogens (tertiary/aromatic N) is 3. The summed E-state index contributed by atoms with van der Waals surface area (Å²) in [5, 5.41) is 6.05. The largest absolute Gasteiger partial charge is 0.497 e. The smallest absolute Gasteiger partial charge is 0.262 e. The third kappa shape index (κ3) is 4.77. The van der Waals surface area contributed by atoms with Gasteiger partial charge in [0.05, 0.1) is 24.4 Å². The molecule has 0 bridgehead atoms. The van der Waals surface area contributed by atoms with Crippen LogP contribution < -0.4 is 4.74 Å². The highest BCUT2D eigenvalue weighted by molar-refractivity contribution is 6.04. The second-order valence-electron chi connectivity index (χ2n) is 7.79. The van der Waals surface area contributed by atoms with Crippen LogP contribution in [0, 0.1) is 5.82 Å². The first-order valence-corrected chi connectivity index (χ1v) is 10.6. The number of methoxy groups -OCH3 is 1. The Bertz CT molecular complexity index is 1200. The molecule has 1 atom stereocenters. The van der Waals surface area contributed by atoms with Gasteiger partial charge >= 0.3 is 0 Å². The van der Waals surface area contributed by atoms with Crippen molar-refractivity contribution in [3.05, 3.63) is 101 Å². The van der Waals surface area contributed by atoms with E-state index in [4.69, 9.17) is 4.74 Å². The van der Waals surface area contributed by atoms with E-state index in [1.54, 1.807) is 13.2 Å². The molecule has 2 amide bonds. The molecule has 168 valence electrons. The van der Waals surface area contributed by atoms with Crippen LogP contribution in [0.2, 0.25) is 0 Å². The van der Waals surface area contributed by atoms with Gasteiger partial charge in [-0.15, -0.1) is 0 Å². The van der Waals surface area contributed by atoms with Gasteiger partial charge in [0.25, 0.3) is 11.8 Å². The van der Waals surface area contributed by atoms with Crippen molar-refractivity contribution in [1.29, 1.82) is 0 Å². The lowest BCUT2D eigenvalue weighted by Gasteiger charge is -2.25. The van der Waals surface area contributed by atoms with Gasteiger partial charge in [-0.1, -0.05) is 54.6 Å². The summed E-state index contributed by atoms with van der Waals surface area (Å²) in [6, 6.07) is 22.6. The molecular formula is C26H24FN3O3. The van der Waals surface area contributed by atoms with E-state index in [-0.39, 0.29) is 24.1 Å². The Labute approximate surface area is 191 Å². The number of benzene rings is 3. The average Bonchev–Trinajstić information content (AvgIpc) is 3.30. The maximum Gasteiger partial charge on any atom is 0.262 e. The predicted octanol–water partition coefficient (Wildman–Crippen LogP) is 4.28. The van der Waals surface area contributed by atoms with E-state index in [2.05, 4.69) is 5.10 Å². The Morgan fingerprint density at radius 3 is 2.52 bits per heavy atom. The van der Waals surface area contributed by atoms with Crippen molar-refractivity contribution >= 4 is 17.5 Å². The Morgan fingerprint density at radius 1 is 1.06 bits per heavy atom. The van der Waals surface area contributed by atoms with Gasteiger partial charge in [-0.05, 0) is 29.8 Å². The van der Waals surface area contributed by atoms with E-state index >= 15 is 0 Å². The highest BCUT2D eigenvalue weighted by atomic mass is 19.1. The van der Waals surface area contributed by atoms with Crippen molar-refractivity contribution in [1.82, 2.24) is 9.91 Å². The summed E-state index contributed by atoms with van der Waals surface area (Å²) in [6.07, 6.45) is 0.522. The molecule has 0 radical (unpaired) electrons. The third-order valence-corrected chi connectivity index (χ3v) is 5.58. The summed E-state index contributed by atoms with van der Waals surface area (Å²) < 4.78 is 19.4. The van der Waals surface area contributed by atoms with Crippen LogP contribution in [0.5, 0.6) is 5.75 Å². The fourth-order valence-electron chi connectivity index (χ4n) is 3.84. The van der Waals surface area contributed by atoms with Crippen molar-refractivity contribution < 1.29 is 18.7 Å². The van der Waals surface area contributed by atoms with E-state index < -0.39 is 11.7 Å². The number of rotatable bonds is 6. The fourth-order valence-corrected chi connectivity index (χ4v) is 3.84. The number of hydrogen-bond donors (Lipinski definition) is 0. The second-order valence-corrected chi connectivity index (χ2v) is 7.79. The summed E-state index contributed by atoms with van der Waals surface area (Å²) in [5.41, 5.74) is 2.48. The average molecular weight is 445 g/mol. The standard InChI is InChI=1S/C26H24FN3O3/c1-29(26(32)21-13-6-7-14-22(21)27)17-25(31)30-24(18-9-4-3-5-10-18)16-23(28-30)19-11-8-12-20(15-19)33-2/h3-15,24H,16-17H2,1-2H3. The Balaban J connectivity index is 1.60. The first kappa shape index (κ1) is 22.2. The van der Waals surface area contributed by atoms with E-state index in [0.29, 0.717) is 12.2 Å². The number of halogens is 1. The maximum atomic E-state index is 14.0. The van der Waals surface area contributed by atoms with Gasteiger partial charge in [0.1, 0.15) is 18.1 Å². The van der Waals surface area contributed by atoms with Crippen molar-refractivity contribution in [3.63, 3.8) is 0 Å². The number of hydrazone groups is 1. The molecule has 0 N–H and O–H groups in total. The van der Waals surface area contributed by atoms with Gasteiger partial charge in [0, 0.05) is 19.0 Å². The molecule has 0 saturated carbocycles. The molecule has 7 heteroatoms. The molecule has 0 fully saturated rings. The molecule has 3 aromatic carbocycles. The van der Waals surface area contributed by atoms with Crippen LogP contribution in [0.3, 0.4) is 0 Å². The highest BCUT2D eigenvalue weighted by Crippen LogP contribution is 2.33. The molecule has 0 saturated heterocycles. The van der Waals surface area contributed by atoms with Crippen LogP contribution in [-0.2, 0) is 4.79 Å². The molecule has 0 spiro atoms. The molecule has 6 nitrogen and oxygen atoms in total. The van der Waals surface area contributed by atoms with Gasteiger partial charge in [0.2, 0.25) is 0 Å². The molecule has 1 heterocycles. The number of ether oxygens (including phenoxy) is 1. The molecule has 1 aliphatic rings. The highest BCUT2D eigenvalue weighted by Gasteiger charge is 2.34. The van der Waals surface area contributed by atoms with Crippen molar-refractivity contribution in [3.8, 4) is 5.75 Å². The molecule has 3 aromatic rings. The topological polar surface area (TPSA) is 62.2 Å². The molecule has 4 rings (SSSR count). The number of amides is 2. The summed E-state index contributed by atoms with van der Waals surface area (Å²) in [4.78, 5) is 27.2. The summed E-state index contributed by atoms with van der Waals surface area (Å²) in [5.74, 6) is -0.835.